The molecule has 0 aliphatic heterocycles. The summed E-state index contributed by atoms with van der Waals surface area (Å²) in [6.45, 7) is 1.85. The highest BCUT2D eigenvalue weighted by Crippen LogP contribution is 2.34. The van der Waals surface area contributed by atoms with Crippen molar-refractivity contribution in [2.24, 2.45) is 0 Å². The molecule has 0 atom stereocenters. The summed E-state index contributed by atoms with van der Waals surface area (Å²) < 4.78 is 37.1. The van der Waals surface area contributed by atoms with E-state index in [9.17, 15) is 13.2 Å². The van der Waals surface area contributed by atoms with Gasteiger partial charge in [0, 0.05) is 10.9 Å². The van der Waals surface area contributed by atoms with Crippen LogP contribution in [0.3, 0.4) is 0 Å². The van der Waals surface area contributed by atoms with Crippen LogP contribution in [0.4, 0.5) is 13.2 Å². The van der Waals surface area contributed by atoms with Gasteiger partial charge in [-0.15, -0.1) is 11.3 Å². The van der Waals surface area contributed by atoms with Gasteiger partial charge in [0.15, 0.2) is 5.01 Å². The molecule has 0 saturated carbocycles. The summed E-state index contributed by atoms with van der Waals surface area (Å²) in [4.78, 5) is 3.61. The Morgan fingerprint density at radius 2 is 1.88 bits per heavy atom. The van der Waals surface area contributed by atoms with E-state index in [1.54, 1.807) is 12.1 Å². The first kappa shape index (κ1) is 11.1. The van der Waals surface area contributed by atoms with Gasteiger partial charge in [0.2, 0.25) is 0 Å². The van der Waals surface area contributed by atoms with Gasteiger partial charge < -0.3 is 0 Å². The summed E-state index contributed by atoms with van der Waals surface area (Å²) in [6, 6.07) is 7.25. The van der Waals surface area contributed by atoms with Crippen molar-refractivity contribution in [3.05, 3.63) is 40.2 Å². The Hall–Kier alpha value is -1.36. The van der Waals surface area contributed by atoms with Crippen molar-refractivity contribution < 1.29 is 13.2 Å². The monoisotopic (exact) mass is 243 g/mol. The van der Waals surface area contributed by atoms with Crippen molar-refractivity contribution in [1.29, 1.82) is 0 Å². The third-order valence-electron chi connectivity index (χ3n) is 2.17. The first-order valence-corrected chi connectivity index (χ1v) is 5.45. The Balaban J connectivity index is 2.44. The normalized spacial score (nSPS) is 11.8. The minimum absolute atomic E-state index is 0.385. The first-order chi connectivity index (χ1) is 7.48. The molecule has 16 heavy (non-hydrogen) atoms. The zero-order valence-corrected chi connectivity index (χ0v) is 9.19. The van der Waals surface area contributed by atoms with Crippen molar-refractivity contribution in [2.75, 3.05) is 0 Å². The van der Waals surface area contributed by atoms with E-state index in [0.29, 0.717) is 17.0 Å². The van der Waals surface area contributed by atoms with Gasteiger partial charge in [-0.05, 0) is 12.5 Å². The summed E-state index contributed by atoms with van der Waals surface area (Å²) in [7, 11) is 0. The second-order valence-corrected chi connectivity index (χ2v) is 4.21. The van der Waals surface area contributed by atoms with Crippen LogP contribution >= 0.6 is 11.3 Å². The number of hydrogen-bond acceptors (Lipinski definition) is 2. The maximum atomic E-state index is 12.4. The van der Waals surface area contributed by atoms with Gasteiger partial charge in [0.05, 0.1) is 5.69 Å². The molecule has 84 valence electrons. The second-order valence-electron chi connectivity index (χ2n) is 3.35. The molecular formula is C11H8F3NS. The van der Waals surface area contributed by atoms with Crippen molar-refractivity contribution >= 4 is 11.3 Å². The standard InChI is InChI=1S/C11H8F3NS/c1-7-4-2-3-5-8(7)9-6-16-10(15-9)11(12,13)14/h2-6H,1H3. The maximum Gasteiger partial charge on any atom is 0.443 e. The molecule has 0 bridgehead atoms. The summed E-state index contributed by atoms with van der Waals surface area (Å²) >= 11 is 0.624. The molecule has 1 nitrogen and oxygen atoms in total. The third-order valence-corrected chi connectivity index (χ3v) is 3.05. The van der Waals surface area contributed by atoms with E-state index < -0.39 is 11.2 Å². The number of aryl methyl sites for hydroxylation is 1. The van der Waals surface area contributed by atoms with Crippen LogP contribution < -0.4 is 0 Å². The topological polar surface area (TPSA) is 12.9 Å². The van der Waals surface area contributed by atoms with Crippen LogP contribution in [0.5, 0.6) is 0 Å². The highest BCUT2D eigenvalue weighted by atomic mass is 32.1. The fourth-order valence-electron chi connectivity index (χ4n) is 1.39. The van der Waals surface area contributed by atoms with E-state index in [4.69, 9.17) is 0 Å². The molecule has 0 unspecified atom stereocenters. The third kappa shape index (κ3) is 2.09. The van der Waals surface area contributed by atoms with Crippen molar-refractivity contribution in [3.63, 3.8) is 0 Å². The Kier molecular flexibility index (Phi) is 2.71. The van der Waals surface area contributed by atoms with E-state index in [2.05, 4.69) is 4.98 Å². The molecule has 2 rings (SSSR count). The lowest BCUT2D eigenvalue weighted by Crippen LogP contribution is -2.03. The molecule has 1 aromatic heterocycles. The number of rotatable bonds is 1. The number of aromatic nitrogens is 1. The van der Waals surface area contributed by atoms with E-state index in [1.807, 2.05) is 19.1 Å². The summed E-state index contributed by atoms with van der Waals surface area (Å²) in [5.74, 6) is 0. The lowest BCUT2D eigenvalue weighted by atomic mass is 10.1. The van der Waals surface area contributed by atoms with Gasteiger partial charge >= 0.3 is 6.18 Å². The molecule has 0 aliphatic rings. The molecule has 0 saturated heterocycles. The quantitative estimate of drug-likeness (QED) is 0.733. The maximum absolute atomic E-state index is 12.4. The van der Waals surface area contributed by atoms with Gasteiger partial charge in [-0.2, -0.15) is 13.2 Å². The molecule has 0 spiro atoms. The second kappa shape index (κ2) is 3.90. The van der Waals surface area contributed by atoms with Gasteiger partial charge in [-0.25, -0.2) is 4.98 Å². The van der Waals surface area contributed by atoms with Crippen LogP contribution in [-0.2, 0) is 6.18 Å². The predicted octanol–water partition coefficient (Wildman–Crippen LogP) is 4.14. The Labute approximate surface area is 94.6 Å². The molecule has 0 aliphatic carbocycles. The number of benzene rings is 1. The average Bonchev–Trinajstić information content (AvgIpc) is 2.66. The van der Waals surface area contributed by atoms with E-state index >= 15 is 0 Å². The molecule has 1 heterocycles. The number of thiazole rings is 1. The van der Waals surface area contributed by atoms with Crippen LogP contribution in [0, 0.1) is 6.92 Å². The number of alkyl halides is 3. The van der Waals surface area contributed by atoms with Gasteiger partial charge in [0.25, 0.3) is 0 Å². The van der Waals surface area contributed by atoms with Crippen molar-refractivity contribution in [2.45, 2.75) is 13.1 Å². The lowest BCUT2D eigenvalue weighted by molar-refractivity contribution is -0.137. The van der Waals surface area contributed by atoms with E-state index in [1.165, 1.54) is 5.38 Å². The van der Waals surface area contributed by atoms with Crippen LogP contribution in [0.25, 0.3) is 11.3 Å². The average molecular weight is 243 g/mol. The molecule has 5 heteroatoms. The minimum atomic E-state index is -4.36. The van der Waals surface area contributed by atoms with Gasteiger partial charge in [-0.1, -0.05) is 24.3 Å². The van der Waals surface area contributed by atoms with Gasteiger partial charge in [-0.3, -0.25) is 0 Å². The van der Waals surface area contributed by atoms with Gasteiger partial charge in [0.1, 0.15) is 0 Å². The summed E-state index contributed by atoms with van der Waals surface area (Å²) in [6.07, 6.45) is -4.36. The smallest absolute Gasteiger partial charge is 0.232 e. The molecule has 0 amide bonds. The zero-order valence-electron chi connectivity index (χ0n) is 8.38. The largest absolute Gasteiger partial charge is 0.443 e. The van der Waals surface area contributed by atoms with Crippen molar-refractivity contribution in [1.82, 2.24) is 4.98 Å². The molecule has 0 fully saturated rings. The Morgan fingerprint density at radius 1 is 1.19 bits per heavy atom. The Morgan fingerprint density at radius 3 is 2.44 bits per heavy atom. The van der Waals surface area contributed by atoms with E-state index in [-0.39, 0.29) is 0 Å². The number of halogens is 3. The predicted molar refractivity (Wildman–Crippen MR) is 57.3 cm³/mol. The zero-order chi connectivity index (χ0) is 11.8. The SMILES string of the molecule is Cc1ccccc1-c1csc(C(F)(F)F)n1. The fourth-order valence-corrected chi connectivity index (χ4v) is 2.08. The molecule has 1 aromatic carbocycles. The van der Waals surface area contributed by atoms with Crippen LogP contribution in [-0.4, -0.2) is 4.98 Å². The summed E-state index contributed by atoms with van der Waals surface area (Å²) in [5.41, 5.74) is 2.05. The van der Waals surface area contributed by atoms with Crippen LogP contribution in [0.1, 0.15) is 10.6 Å². The minimum Gasteiger partial charge on any atom is -0.232 e. The Bertz CT molecular complexity index is 502. The lowest BCUT2D eigenvalue weighted by Gasteiger charge is -2.02. The molecule has 2 aromatic rings. The van der Waals surface area contributed by atoms with Crippen LogP contribution in [0.2, 0.25) is 0 Å². The fraction of sp³-hybridized carbons (Fsp3) is 0.182. The molecule has 0 radical (unpaired) electrons. The van der Waals surface area contributed by atoms with Crippen molar-refractivity contribution in [3.8, 4) is 11.3 Å². The number of nitrogens with zero attached hydrogens (tertiary/aromatic N) is 1. The number of hydrogen-bond donors (Lipinski definition) is 0. The highest BCUT2D eigenvalue weighted by Gasteiger charge is 2.34. The highest BCUT2D eigenvalue weighted by molar-refractivity contribution is 7.10. The summed E-state index contributed by atoms with van der Waals surface area (Å²) in [5, 5.41) is 0.635. The molecular weight excluding hydrogens is 235 g/mol. The molecule has 0 N–H and O–H groups in total. The first-order valence-electron chi connectivity index (χ1n) is 4.57. The van der Waals surface area contributed by atoms with Crippen LogP contribution in [0.15, 0.2) is 29.6 Å². The van der Waals surface area contributed by atoms with E-state index in [0.717, 1.165) is 11.1 Å².